The van der Waals surface area contributed by atoms with Crippen LogP contribution in [0.5, 0.6) is 0 Å². The zero-order chi connectivity index (χ0) is 17.3. The Morgan fingerprint density at radius 2 is 2.04 bits per heavy atom. The number of hydrogen-bond donors (Lipinski definition) is 0. The van der Waals surface area contributed by atoms with E-state index in [1.807, 2.05) is 17.0 Å². The van der Waals surface area contributed by atoms with Crippen LogP contribution in [0.2, 0.25) is 0 Å². The summed E-state index contributed by atoms with van der Waals surface area (Å²) < 4.78 is 5.23. The Morgan fingerprint density at radius 3 is 2.80 bits per heavy atom. The summed E-state index contributed by atoms with van der Waals surface area (Å²) in [5.74, 6) is 0.391. The van der Waals surface area contributed by atoms with Gasteiger partial charge in [-0.15, -0.1) is 0 Å². The number of carbonyl (C=O) groups excluding carboxylic acids is 2. The van der Waals surface area contributed by atoms with Gasteiger partial charge in [0.1, 0.15) is 0 Å². The normalized spacial score (nSPS) is 23.4. The average molecular weight is 339 g/mol. The summed E-state index contributed by atoms with van der Waals surface area (Å²) in [6.07, 6.45) is 7.50. The minimum atomic E-state index is -0.437. The van der Waals surface area contributed by atoms with Crippen LogP contribution in [0.4, 0.5) is 0 Å². The first kappa shape index (κ1) is 15.9. The number of piperidine rings is 1. The predicted octanol–water partition coefficient (Wildman–Crippen LogP) is 2.33. The summed E-state index contributed by atoms with van der Waals surface area (Å²) in [6, 6.07) is 7.26. The highest BCUT2D eigenvalue weighted by molar-refractivity contribution is 5.93. The van der Waals surface area contributed by atoms with E-state index in [1.165, 1.54) is 6.26 Å². The molecule has 4 heterocycles. The maximum atomic E-state index is 13.1. The van der Waals surface area contributed by atoms with Crippen molar-refractivity contribution in [1.82, 2.24) is 14.8 Å². The van der Waals surface area contributed by atoms with Crippen molar-refractivity contribution in [2.24, 2.45) is 5.41 Å². The molecular formula is C19H21N3O3. The number of nitrogens with zero attached hydrogens (tertiary/aromatic N) is 3. The lowest BCUT2D eigenvalue weighted by Crippen LogP contribution is -2.49. The molecular weight excluding hydrogens is 318 g/mol. The van der Waals surface area contributed by atoms with Gasteiger partial charge < -0.3 is 14.2 Å². The topological polar surface area (TPSA) is 66.7 Å². The van der Waals surface area contributed by atoms with Gasteiger partial charge in [0.25, 0.3) is 5.91 Å². The standard InChI is InChI=1S/C19H21N3O3/c23-17(16-3-1-12-25-16)22-10-2-6-19(14-22)7-11-21(18(19)24)13-15-4-8-20-9-5-15/h1,3-5,8-9,12H,2,6-7,10-11,13-14H2. The highest BCUT2D eigenvalue weighted by Gasteiger charge is 2.49. The van der Waals surface area contributed by atoms with Gasteiger partial charge in [0.15, 0.2) is 5.76 Å². The van der Waals surface area contributed by atoms with Crippen molar-refractivity contribution in [2.75, 3.05) is 19.6 Å². The van der Waals surface area contributed by atoms with Gasteiger partial charge in [-0.25, -0.2) is 0 Å². The highest BCUT2D eigenvalue weighted by atomic mass is 16.3. The number of pyridine rings is 1. The first-order valence-electron chi connectivity index (χ1n) is 8.69. The van der Waals surface area contributed by atoms with E-state index in [-0.39, 0.29) is 11.8 Å². The minimum Gasteiger partial charge on any atom is -0.459 e. The Hall–Kier alpha value is -2.63. The zero-order valence-electron chi connectivity index (χ0n) is 14.1. The van der Waals surface area contributed by atoms with E-state index in [1.54, 1.807) is 29.4 Å². The number of furan rings is 1. The van der Waals surface area contributed by atoms with Crippen molar-refractivity contribution in [3.05, 3.63) is 54.2 Å². The van der Waals surface area contributed by atoms with Gasteiger partial charge in [0, 0.05) is 38.6 Å². The molecule has 0 aliphatic carbocycles. The van der Waals surface area contributed by atoms with Gasteiger partial charge in [0.05, 0.1) is 11.7 Å². The van der Waals surface area contributed by atoms with Crippen molar-refractivity contribution in [3.63, 3.8) is 0 Å². The quantitative estimate of drug-likeness (QED) is 0.861. The van der Waals surface area contributed by atoms with Gasteiger partial charge in [-0.1, -0.05) is 0 Å². The summed E-state index contributed by atoms with van der Waals surface area (Å²) in [5, 5.41) is 0. The van der Waals surface area contributed by atoms with Gasteiger partial charge in [-0.2, -0.15) is 0 Å². The van der Waals surface area contributed by atoms with Crippen LogP contribution in [0.1, 0.15) is 35.4 Å². The molecule has 25 heavy (non-hydrogen) atoms. The molecule has 2 amide bonds. The summed E-state index contributed by atoms with van der Waals surface area (Å²) in [6.45, 7) is 2.51. The van der Waals surface area contributed by atoms with E-state index in [9.17, 15) is 9.59 Å². The number of hydrogen-bond acceptors (Lipinski definition) is 4. The summed E-state index contributed by atoms with van der Waals surface area (Å²) in [5.41, 5.74) is 0.646. The van der Waals surface area contributed by atoms with E-state index in [0.717, 1.165) is 31.4 Å². The Balaban J connectivity index is 1.48. The zero-order valence-corrected chi connectivity index (χ0v) is 14.1. The van der Waals surface area contributed by atoms with Crippen LogP contribution in [0.15, 0.2) is 47.3 Å². The number of carbonyl (C=O) groups is 2. The Morgan fingerprint density at radius 1 is 1.20 bits per heavy atom. The fourth-order valence-electron chi connectivity index (χ4n) is 3.99. The first-order valence-corrected chi connectivity index (χ1v) is 8.69. The van der Waals surface area contributed by atoms with Gasteiger partial charge >= 0.3 is 0 Å². The van der Waals surface area contributed by atoms with Crippen LogP contribution in [0.25, 0.3) is 0 Å². The molecule has 4 rings (SSSR count). The molecule has 0 aromatic carbocycles. The Bertz CT molecular complexity index is 759. The van der Waals surface area contributed by atoms with Crippen LogP contribution < -0.4 is 0 Å². The molecule has 1 atom stereocenters. The highest BCUT2D eigenvalue weighted by Crippen LogP contribution is 2.41. The van der Waals surface area contributed by atoms with E-state index < -0.39 is 5.41 Å². The fourth-order valence-corrected chi connectivity index (χ4v) is 3.99. The van der Waals surface area contributed by atoms with E-state index in [0.29, 0.717) is 25.4 Å². The third-order valence-electron chi connectivity index (χ3n) is 5.32. The second kappa shape index (κ2) is 6.35. The number of likely N-dealkylation sites (tertiary alicyclic amines) is 2. The maximum Gasteiger partial charge on any atom is 0.289 e. The van der Waals surface area contributed by atoms with E-state index in [4.69, 9.17) is 4.42 Å². The molecule has 0 bridgehead atoms. The molecule has 0 radical (unpaired) electrons. The number of amides is 2. The number of aromatic nitrogens is 1. The van der Waals surface area contributed by atoms with Crippen molar-refractivity contribution in [1.29, 1.82) is 0 Å². The smallest absolute Gasteiger partial charge is 0.289 e. The lowest BCUT2D eigenvalue weighted by molar-refractivity contribution is -0.138. The molecule has 2 aromatic rings. The average Bonchev–Trinajstić information content (AvgIpc) is 3.28. The van der Waals surface area contributed by atoms with E-state index >= 15 is 0 Å². The van der Waals surface area contributed by atoms with Gasteiger partial charge in [-0.05, 0) is 49.1 Å². The summed E-state index contributed by atoms with van der Waals surface area (Å²) in [4.78, 5) is 33.4. The van der Waals surface area contributed by atoms with E-state index in [2.05, 4.69) is 4.98 Å². The van der Waals surface area contributed by atoms with Crippen molar-refractivity contribution in [3.8, 4) is 0 Å². The lowest BCUT2D eigenvalue weighted by Gasteiger charge is -2.38. The summed E-state index contributed by atoms with van der Waals surface area (Å²) in [7, 11) is 0. The summed E-state index contributed by atoms with van der Waals surface area (Å²) >= 11 is 0. The molecule has 6 nitrogen and oxygen atoms in total. The molecule has 2 saturated heterocycles. The van der Waals surface area contributed by atoms with Crippen LogP contribution in [0.3, 0.4) is 0 Å². The Kier molecular flexibility index (Phi) is 4.03. The van der Waals surface area contributed by atoms with Crippen LogP contribution in [-0.2, 0) is 11.3 Å². The molecule has 2 aromatic heterocycles. The fraction of sp³-hybridized carbons (Fsp3) is 0.421. The molecule has 0 N–H and O–H groups in total. The van der Waals surface area contributed by atoms with Crippen LogP contribution in [-0.4, -0.2) is 46.2 Å². The lowest BCUT2D eigenvalue weighted by atomic mass is 9.78. The molecule has 6 heteroatoms. The second-order valence-corrected chi connectivity index (χ2v) is 6.92. The van der Waals surface area contributed by atoms with Gasteiger partial charge in [-0.3, -0.25) is 14.6 Å². The predicted molar refractivity (Wildman–Crippen MR) is 90.5 cm³/mol. The molecule has 2 fully saturated rings. The maximum absolute atomic E-state index is 13.1. The molecule has 1 unspecified atom stereocenters. The third kappa shape index (κ3) is 2.92. The minimum absolute atomic E-state index is 0.121. The SMILES string of the molecule is O=C(c1ccco1)N1CCCC2(CCN(Cc3ccncc3)C2=O)C1. The second-order valence-electron chi connectivity index (χ2n) is 6.92. The molecule has 0 saturated carbocycles. The largest absolute Gasteiger partial charge is 0.459 e. The van der Waals surface area contributed by atoms with Crippen LogP contribution >= 0.6 is 0 Å². The monoisotopic (exact) mass is 339 g/mol. The Labute approximate surface area is 146 Å². The molecule has 130 valence electrons. The molecule has 2 aliphatic rings. The van der Waals surface area contributed by atoms with Crippen molar-refractivity contribution < 1.29 is 14.0 Å². The molecule has 1 spiro atoms. The van der Waals surface area contributed by atoms with Crippen molar-refractivity contribution in [2.45, 2.75) is 25.8 Å². The third-order valence-corrected chi connectivity index (χ3v) is 5.32. The van der Waals surface area contributed by atoms with Gasteiger partial charge in [0.2, 0.25) is 5.91 Å². The number of rotatable bonds is 3. The molecule has 2 aliphatic heterocycles. The van der Waals surface area contributed by atoms with Crippen molar-refractivity contribution >= 4 is 11.8 Å². The van der Waals surface area contributed by atoms with Crippen LogP contribution in [0, 0.1) is 5.41 Å². The first-order chi connectivity index (χ1) is 12.2.